The molecule has 0 heterocycles. The first-order chi connectivity index (χ1) is 11.2. The van der Waals surface area contributed by atoms with Gasteiger partial charge in [0.05, 0.1) is 16.8 Å². The van der Waals surface area contributed by atoms with Crippen molar-refractivity contribution in [1.82, 2.24) is 4.90 Å². The van der Waals surface area contributed by atoms with E-state index in [-0.39, 0.29) is 16.5 Å². The van der Waals surface area contributed by atoms with Crippen LogP contribution >= 0.6 is 11.6 Å². The molecule has 0 atom stereocenters. The molecule has 0 saturated heterocycles. The highest BCUT2D eigenvalue weighted by atomic mass is 35.5. The van der Waals surface area contributed by atoms with E-state index >= 15 is 0 Å². The third-order valence-corrected chi connectivity index (χ3v) is 4.32. The molecule has 5 nitrogen and oxygen atoms in total. The second-order valence-electron chi connectivity index (χ2n) is 5.72. The van der Waals surface area contributed by atoms with Crippen LogP contribution in [0.15, 0.2) is 42.5 Å². The highest BCUT2D eigenvalue weighted by Gasteiger charge is 2.17. The molecule has 1 amide bonds. The standard InChI is InChI=1S/C17H19ClN2O3S/c1-12-4-6-13(7-5-12)11-20(2)17(21)15-10-14(8-9-16(15)18)19-24(3,22)23/h4-10,19H,11H2,1-3H3. The summed E-state index contributed by atoms with van der Waals surface area (Å²) in [5.74, 6) is -0.280. The normalized spacial score (nSPS) is 11.2. The minimum atomic E-state index is -3.42. The van der Waals surface area contributed by atoms with Crippen molar-refractivity contribution in [3.8, 4) is 0 Å². The number of hydrogen-bond donors (Lipinski definition) is 1. The molecule has 128 valence electrons. The van der Waals surface area contributed by atoms with E-state index in [1.807, 2.05) is 31.2 Å². The third-order valence-electron chi connectivity index (χ3n) is 3.39. The highest BCUT2D eigenvalue weighted by molar-refractivity contribution is 7.92. The summed E-state index contributed by atoms with van der Waals surface area (Å²) < 4.78 is 25.0. The lowest BCUT2D eigenvalue weighted by molar-refractivity contribution is 0.0785. The molecule has 2 aromatic rings. The first kappa shape index (κ1) is 18.3. The Morgan fingerprint density at radius 2 is 1.79 bits per heavy atom. The van der Waals surface area contributed by atoms with Gasteiger partial charge in [0.1, 0.15) is 0 Å². The molecule has 1 N–H and O–H groups in total. The zero-order valence-electron chi connectivity index (χ0n) is 13.7. The number of halogens is 1. The van der Waals surface area contributed by atoms with Crippen molar-refractivity contribution in [2.45, 2.75) is 13.5 Å². The largest absolute Gasteiger partial charge is 0.337 e. The molecule has 0 unspecified atom stereocenters. The summed E-state index contributed by atoms with van der Waals surface area (Å²) in [6.45, 7) is 2.43. The number of carbonyl (C=O) groups excluding carboxylic acids is 1. The Kier molecular flexibility index (Phi) is 5.51. The van der Waals surface area contributed by atoms with Crippen molar-refractivity contribution < 1.29 is 13.2 Å². The number of amides is 1. The van der Waals surface area contributed by atoms with Crippen LogP contribution in [-0.4, -0.2) is 32.5 Å². The van der Waals surface area contributed by atoms with Crippen molar-refractivity contribution >= 4 is 33.2 Å². The van der Waals surface area contributed by atoms with Gasteiger partial charge in [0.2, 0.25) is 10.0 Å². The zero-order chi connectivity index (χ0) is 17.9. The maximum Gasteiger partial charge on any atom is 0.255 e. The van der Waals surface area contributed by atoms with Gasteiger partial charge in [-0.15, -0.1) is 0 Å². The molecule has 0 saturated carbocycles. The number of aryl methyl sites for hydroxylation is 1. The van der Waals surface area contributed by atoms with Crippen molar-refractivity contribution in [1.29, 1.82) is 0 Å². The molecular formula is C17H19ClN2O3S. The van der Waals surface area contributed by atoms with Gasteiger partial charge >= 0.3 is 0 Å². The molecule has 0 aliphatic rings. The van der Waals surface area contributed by atoms with Crippen molar-refractivity contribution in [3.05, 3.63) is 64.2 Å². The Hall–Kier alpha value is -2.05. The van der Waals surface area contributed by atoms with Gasteiger partial charge in [-0.05, 0) is 30.7 Å². The van der Waals surface area contributed by atoms with Crippen LogP contribution in [-0.2, 0) is 16.6 Å². The number of rotatable bonds is 5. The lowest BCUT2D eigenvalue weighted by Crippen LogP contribution is -2.26. The molecule has 0 aliphatic heterocycles. The quantitative estimate of drug-likeness (QED) is 0.882. The first-order valence-electron chi connectivity index (χ1n) is 7.24. The summed E-state index contributed by atoms with van der Waals surface area (Å²) in [7, 11) is -1.75. The van der Waals surface area contributed by atoms with E-state index in [0.29, 0.717) is 12.2 Å². The number of sulfonamides is 1. The summed E-state index contributed by atoms with van der Waals surface area (Å²) in [6.07, 6.45) is 1.05. The molecule has 0 bridgehead atoms. The third kappa shape index (κ3) is 4.97. The van der Waals surface area contributed by atoms with Crippen LogP contribution in [0.25, 0.3) is 0 Å². The maximum atomic E-state index is 12.6. The molecule has 0 aromatic heterocycles. The number of benzene rings is 2. The molecule has 2 aromatic carbocycles. The number of nitrogens with one attached hydrogen (secondary N) is 1. The second kappa shape index (κ2) is 7.23. The van der Waals surface area contributed by atoms with Crippen molar-refractivity contribution in [2.24, 2.45) is 0 Å². The van der Waals surface area contributed by atoms with Gasteiger partial charge < -0.3 is 4.90 Å². The number of anilines is 1. The predicted molar refractivity (Wildman–Crippen MR) is 96.9 cm³/mol. The Morgan fingerprint density at radius 1 is 1.17 bits per heavy atom. The van der Waals surface area contributed by atoms with Gasteiger partial charge in [0.25, 0.3) is 5.91 Å². The van der Waals surface area contributed by atoms with Gasteiger partial charge in [-0.1, -0.05) is 41.4 Å². The fourth-order valence-corrected chi connectivity index (χ4v) is 2.97. The Morgan fingerprint density at radius 3 is 2.38 bits per heavy atom. The minimum Gasteiger partial charge on any atom is -0.337 e. The minimum absolute atomic E-state index is 0.250. The van der Waals surface area contributed by atoms with Crippen LogP contribution in [0.2, 0.25) is 5.02 Å². The maximum absolute atomic E-state index is 12.6. The van der Waals surface area contributed by atoms with E-state index in [9.17, 15) is 13.2 Å². The molecule has 2 rings (SSSR count). The Bertz CT molecular complexity index is 849. The lowest BCUT2D eigenvalue weighted by atomic mass is 10.1. The van der Waals surface area contributed by atoms with Crippen LogP contribution in [0.3, 0.4) is 0 Å². The van der Waals surface area contributed by atoms with Gasteiger partial charge in [0.15, 0.2) is 0 Å². The molecule has 0 fully saturated rings. The highest BCUT2D eigenvalue weighted by Crippen LogP contribution is 2.23. The molecule has 0 aliphatic carbocycles. The smallest absolute Gasteiger partial charge is 0.255 e. The predicted octanol–water partition coefficient (Wildman–Crippen LogP) is 3.29. The zero-order valence-corrected chi connectivity index (χ0v) is 15.3. The van der Waals surface area contributed by atoms with Gasteiger partial charge in [-0.2, -0.15) is 0 Å². The van der Waals surface area contributed by atoms with Crippen LogP contribution in [0.5, 0.6) is 0 Å². The van der Waals surface area contributed by atoms with Crippen molar-refractivity contribution in [3.63, 3.8) is 0 Å². The van der Waals surface area contributed by atoms with Crippen LogP contribution in [0, 0.1) is 6.92 Å². The Balaban J connectivity index is 2.21. The van der Waals surface area contributed by atoms with Crippen LogP contribution in [0.1, 0.15) is 21.5 Å². The van der Waals surface area contributed by atoms with E-state index in [1.54, 1.807) is 7.05 Å². The summed E-state index contributed by atoms with van der Waals surface area (Å²) in [5, 5.41) is 0.273. The average molecular weight is 367 g/mol. The summed E-state index contributed by atoms with van der Waals surface area (Å²) in [6, 6.07) is 12.3. The monoisotopic (exact) mass is 366 g/mol. The van der Waals surface area contributed by atoms with E-state index in [1.165, 1.54) is 23.1 Å². The molecular weight excluding hydrogens is 348 g/mol. The van der Waals surface area contributed by atoms with Crippen LogP contribution in [0.4, 0.5) is 5.69 Å². The molecule has 0 spiro atoms. The topological polar surface area (TPSA) is 66.5 Å². The molecule has 24 heavy (non-hydrogen) atoms. The van der Waals surface area contributed by atoms with Gasteiger partial charge in [-0.25, -0.2) is 8.42 Å². The summed E-state index contributed by atoms with van der Waals surface area (Å²) >= 11 is 6.11. The summed E-state index contributed by atoms with van der Waals surface area (Å²) in [5.41, 5.74) is 2.70. The summed E-state index contributed by atoms with van der Waals surface area (Å²) in [4.78, 5) is 14.2. The number of nitrogens with zero attached hydrogens (tertiary/aromatic N) is 1. The second-order valence-corrected chi connectivity index (χ2v) is 7.87. The van der Waals surface area contributed by atoms with E-state index in [4.69, 9.17) is 11.6 Å². The van der Waals surface area contributed by atoms with Gasteiger partial charge in [0, 0.05) is 19.3 Å². The van der Waals surface area contributed by atoms with E-state index in [2.05, 4.69) is 4.72 Å². The SMILES string of the molecule is Cc1ccc(CN(C)C(=O)c2cc(NS(C)(=O)=O)ccc2Cl)cc1. The van der Waals surface area contributed by atoms with E-state index in [0.717, 1.165) is 17.4 Å². The van der Waals surface area contributed by atoms with Crippen molar-refractivity contribution in [2.75, 3.05) is 18.0 Å². The fourth-order valence-electron chi connectivity index (χ4n) is 2.21. The first-order valence-corrected chi connectivity index (χ1v) is 9.51. The Labute approximate surface area is 147 Å². The fraction of sp³-hybridized carbons (Fsp3) is 0.235. The average Bonchev–Trinajstić information content (AvgIpc) is 2.49. The van der Waals surface area contributed by atoms with Gasteiger partial charge in [-0.3, -0.25) is 9.52 Å². The lowest BCUT2D eigenvalue weighted by Gasteiger charge is -2.19. The van der Waals surface area contributed by atoms with E-state index < -0.39 is 10.0 Å². The molecule has 0 radical (unpaired) electrons. The molecule has 7 heteroatoms. The van der Waals surface area contributed by atoms with Crippen LogP contribution < -0.4 is 4.72 Å². The number of carbonyl (C=O) groups is 1. The number of hydrogen-bond acceptors (Lipinski definition) is 3.